The fourth-order valence-corrected chi connectivity index (χ4v) is 5.60. The van der Waals surface area contributed by atoms with Gasteiger partial charge in [-0.25, -0.2) is 0 Å². The highest BCUT2D eigenvalue weighted by Gasteiger charge is 2.61. The Hall–Kier alpha value is -4.48. The van der Waals surface area contributed by atoms with Gasteiger partial charge in [0, 0.05) is 12.2 Å². The van der Waals surface area contributed by atoms with E-state index in [1.807, 2.05) is 12.1 Å². The van der Waals surface area contributed by atoms with Gasteiger partial charge in [0.1, 0.15) is 10.8 Å². The van der Waals surface area contributed by atoms with Crippen LogP contribution in [0.5, 0.6) is 0 Å². The lowest BCUT2D eigenvalue weighted by atomic mass is 9.65. The fraction of sp³-hybridized carbons (Fsp3) is 0.357. The normalized spacial score (nSPS) is 33.6. The lowest BCUT2D eigenvalue weighted by molar-refractivity contribution is -0.594. The maximum atomic E-state index is 15.5. The van der Waals surface area contributed by atoms with Crippen LogP contribution in [-0.4, -0.2) is 33.6 Å². The van der Waals surface area contributed by atoms with Gasteiger partial charge in [0.2, 0.25) is 0 Å². The van der Waals surface area contributed by atoms with Gasteiger partial charge < -0.3 is 4.74 Å². The van der Waals surface area contributed by atoms with Crippen LogP contribution in [0.15, 0.2) is 72.8 Å². The molecule has 6 unspecified atom stereocenters. The van der Waals surface area contributed by atoms with Gasteiger partial charge in [-0.1, -0.05) is 48.5 Å². The monoisotopic (exact) mass is 534 g/mol. The van der Waals surface area contributed by atoms with Crippen LogP contribution in [0, 0.1) is 56.7 Å². The smallest absolute Gasteiger partial charge is 0.363 e. The zero-order chi connectivity index (χ0) is 28.6. The van der Waals surface area contributed by atoms with Crippen molar-refractivity contribution in [1.29, 1.82) is 10.5 Å². The molecule has 200 valence electrons. The molecule has 11 heteroatoms. The van der Waals surface area contributed by atoms with E-state index in [4.69, 9.17) is 4.74 Å². The Labute approximate surface area is 222 Å². The van der Waals surface area contributed by atoms with Crippen molar-refractivity contribution in [3.8, 4) is 12.1 Å². The quantitative estimate of drug-likeness (QED) is 0.217. The van der Waals surface area contributed by atoms with Gasteiger partial charge in [0.05, 0.1) is 47.0 Å². The highest BCUT2D eigenvalue weighted by atomic mass is 19.2. The third kappa shape index (κ3) is 4.35. The Bertz CT molecular complexity index is 1370. The summed E-state index contributed by atoms with van der Waals surface area (Å²) in [5, 5.41) is 44.2. The maximum Gasteiger partial charge on any atom is 0.380 e. The van der Waals surface area contributed by atoms with Crippen LogP contribution in [0.3, 0.4) is 0 Å². The first kappa shape index (κ1) is 27.6. The number of rotatable bonds is 6. The van der Waals surface area contributed by atoms with Crippen molar-refractivity contribution >= 4 is 0 Å². The van der Waals surface area contributed by atoms with Gasteiger partial charge >= 0.3 is 11.6 Å². The molecule has 0 bridgehead atoms. The first-order chi connectivity index (χ1) is 18.4. The number of hydrogen-bond donors (Lipinski definition) is 0. The van der Waals surface area contributed by atoms with E-state index in [1.54, 1.807) is 62.4 Å². The Kier molecular flexibility index (Phi) is 6.84. The molecular formula is C28H24F2N4O5. The number of aryl methyl sites for hydroxylation is 2. The molecule has 2 aromatic rings. The molecule has 0 saturated heterocycles. The van der Waals surface area contributed by atoms with E-state index in [1.165, 1.54) is 0 Å². The average molecular weight is 535 g/mol. The van der Waals surface area contributed by atoms with Gasteiger partial charge in [-0.2, -0.15) is 19.3 Å². The van der Waals surface area contributed by atoms with Crippen molar-refractivity contribution in [3.05, 3.63) is 115 Å². The average Bonchev–Trinajstić information content (AvgIpc) is 2.91. The van der Waals surface area contributed by atoms with Crippen LogP contribution < -0.4 is 0 Å². The molecule has 6 atom stereocenters. The summed E-state index contributed by atoms with van der Waals surface area (Å²) in [5.74, 6) is -6.16. The second-order valence-corrected chi connectivity index (χ2v) is 10.00. The minimum Gasteiger partial charge on any atom is -0.363 e. The number of hydrogen-bond acceptors (Lipinski definition) is 7. The largest absolute Gasteiger partial charge is 0.380 e. The van der Waals surface area contributed by atoms with Gasteiger partial charge in [-0.3, -0.25) is 20.2 Å². The summed E-state index contributed by atoms with van der Waals surface area (Å²) in [4.78, 5) is 21.1. The maximum absolute atomic E-state index is 15.5. The molecule has 0 amide bonds. The third-order valence-corrected chi connectivity index (χ3v) is 7.63. The number of benzene rings is 2. The van der Waals surface area contributed by atoms with Gasteiger partial charge in [-0.15, -0.1) is 0 Å². The van der Waals surface area contributed by atoms with E-state index in [9.17, 15) is 30.8 Å². The number of nitro groups is 2. The minimum atomic E-state index is -3.08. The molecule has 0 spiro atoms. The van der Waals surface area contributed by atoms with E-state index in [-0.39, 0.29) is 11.1 Å². The van der Waals surface area contributed by atoms with Crippen LogP contribution in [-0.2, 0) is 15.6 Å². The molecule has 0 N–H and O–H groups in total. The molecule has 2 aliphatic carbocycles. The molecule has 0 saturated carbocycles. The summed E-state index contributed by atoms with van der Waals surface area (Å²) in [6.07, 6.45) is -0.896. The topological polar surface area (TPSA) is 143 Å². The summed E-state index contributed by atoms with van der Waals surface area (Å²) >= 11 is 0. The Morgan fingerprint density at radius 2 is 1.15 bits per heavy atom. The van der Waals surface area contributed by atoms with Gasteiger partial charge in [-0.05, 0) is 48.3 Å². The fourth-order valence-electron chi connectivity index (χ4n) is 5.60. The molecule has 0 fully saturated rings. The Morgan fingerprint density at radius 1 is 0.795 bits per heavy atom. The summed E-state index contributed by atoms with van der Waals surface area (Å²) in [6.45, 7) is 3.33. The zero-order valence-electron chi connectivity index (χ0n) is 21.1. The second-order valence-electron chi connectivity index (χ2n) is 10.00. The lowest BCUT2D eigenvalue weighted by Gasteiger charge is -2.44. The summed E-state index contributed by atoms with van der Waals surface area (Å²) in [6, 6.07) is 17.1. The molecule has 0 aliphatic heterocycles. The highest BCUT2D eigenvalue weighted by Crippen LogP contribution is 2.49. The van der Waals surface area contributed by atoms with Crippen molar-refractivity contribution in [2.75, 3.05) is 0 Å². The SMILES string of the molecule is Cc1ccccc1C1(C#N)CC(F)([N+](=O)[O-])C=CC1OC1C=CC(F)([N+](=O)[O-])CC1(C#N)c1ccccc1C. The van der Waals surface area contributed by atoms with E-state index in [0.717, 1.165) is 12.2 Å². The van der Waals surface area contributed by atoms with Gasteiger partial charge in [0.15, 0.2) is 0 Å². The van der Waals surface area contributed by atoms with E-state index in [2.05, 4.69) is 0 Å². The molecule has 39 heavy (non-hydrogen) atoms. The first-order valence-electron chi connectivity index (χ1n) is 12.0. The molecule has 0 heterocycles. The van der Waals surface area contributed by atoms with Crippen LogP contribution in [0.4, 0.5) is 8.78 Å². The number of nitriles is 2. The molecular weight excluding hydrogens is 510 g/mol. The molecule has 9 nitrogen and oxygen atoms in total. The van der Waals surface area contributed by atoms with Gasteiger partial charge in [0.25, 0.3) is 0 Å². The van der Waals surface area contributed by atoms with Crippen molar-refractivity contribution in [3.63, 3.8) is 0 Å². The molecule has 4 rings (SSSR count). The Balaban J connectivity index is 1.93. The van der Waals surface area contributed by atoms with Crippen molar-refractivity contribution in [2.45, 2.75) is 61.3 Å². The third-order valence-electron chi connectivity index (χ3n) is 7.63. The molecule has 0 radical (unpaired) electrons. The first-order valence-corrected chi connectivity index (χ1v) is 12.0. The number of ether oxygens (including phenoxy) is 1. The minimum absolute atomic E-state index is 0.286. The van der Waals surface area contributed by atoms with E-state index >= 15 is 8.78 Å². The number of alkyl halides is 2. The standard InChI is InChI=1S/C28H24F2N4O5/c1-19-7-3-5-9-21(19)25(17-31)15-27(29,33(35)36)13-11-23(25)39-24-12-14-28(30,34(37)38)16-26(24,18-32)22-10-6-4-8-20(22)2/h3-14,23-24H,15-16H2,1-2H3. The lowest BCUT2D eigenvalue weighted by Crippen LogP contribution is -2.56. The van der Waals surface area contributed by atoms with Crippen molar-refractivity contribution in [1.82, 2.24) is 0 Å². The van der Waals surface area contributed by atoms with Crippen LogP contribution in [0.2, 0.25) is 0 Å². The predicted molar refractivity (Wildman–Crippen MR) is 135 cm³/mol. The van der Waals surface area contributed by atoms with E-state index < -0.39 is 57.3 Å². The number of halogens is 2. The molecule has 0 aromatic heterocycles. The van der Waals surface area contributed by atoms with Crippen LogP contribution in [0.1, 0.15) is 35.1 Å². The summed E-state index contributed by atoms with van der Waals surface area (Å²) in [7, 11) is 0. The highest BCUT2D eigenvalue weighted by molar-refractivity contribution is 5.46. The second kappa shape index (κ2) is 9.68. The number of nitrogens with zero attached hydrogens (tertiary/aromatic N) is 4. The molecule has 2 aliphatic rings. The predicted octanol–water partition coefficient (Wildman–Crippen LogP) is 5.09. The van der Waals surface area contributed by atoms with Crippen molar-refractivity contribution in [2.24, 2.45) is 0 Å². The zero-order valence-corrected chi connectivity index (χ0v) is 21.1. The summed E-state index contributed by atoms with van der Waals surface area (Å²) in [5.41, 5.74) is -2.17. The Morgan fingerprint density at radius 3 is 1.46 bits per heavy atom. The molecule has 2 aromatic carbocycles. The van der Waals surface area contributed by atoms with Crippen LogP contribution in [0.25, 0.3) is 0 Å². The van der Waals surface area contributed by atoms with Crippen molar-refractivity contribution < 1.29 is 23.4 Å². The summed E-state index contributed by atoms with van der Waals surface area (Å²) < 4.78 is 37.3. The van der Waals surface area contributed by atoms with Crippen LogP contribution >= 0.6 is 0 Å². The van der Waals surface area contributed by atoms with E-state index in [0.29, 0.717) is 23.3 Å².